The SMILES string of the molecule is COc1c(N)nc(-c2ccc(Cl)c3occc23)nc1C(=O)O. The van der Waals surface area contributed by atoms with Gasteiger partial charge in [0.1, 0.15) is 0 Å². The van der Waals surface area contributed by atoms with Crippen LogP contribution in [-0.2, 0) is 0 Å². The van der Waals surface area contributed by atoms with Crippen molar-refractivity contribution in [1.82, 2.24) is 9.97 Å². The van der Waals surface area contributed by atoms with Crippen LogP contribution in [0.3, 0.4) is 0 Å². The van der Waals surface area contributed by atoms with Crippen LogP contribution in [0, 0.1) is 0 Å². The van der Waals surface area contributed by atoms with Gasteiger partial charge < -0.3 is 20.0 Å². The van der Waals surface area contributed by atoms with Crippen molar-refractivity contribution in [2.75, 3.05) is 12.8 Å². The van der Waals surface area contributed by atoms with Gasteiger partial charge in [-0.3, -0.25) is 0 Å². The number of hydrogen-bond donors (Lipinski definition) is 2. The molecule has 0 spiro atoms. The molecule has 2 heterocycles. The van der Waals surface area contributed by atoms with Gasteiger partial charge in [-0.1, -0.05) is 11.6 Å². The number of nitrogens with zero attached hydrogens (tertiary/aromatic N) is 2. The van der Waals surface area contributed by atoms with E-state index >= 15 is 0 Å². The zero-order chi connectivity index (χ0) is 15.9. The Morgan fingerprint density at radius 2 is 2.14 bits per heavy atom. The molecule has 0 amide bonds. The van der Waals surface area contributed by atoms with E-state index in [9.17, 15) is 9.90 Å². The minimum absolute atomic E-state index is 0.0588. The Morgan fingerprint density at radius 1 is 1.36 bits per heavy atom. The number of carboxylic acid groups (broad SMARTS) is 1. The average Bonchev–Trinajstić information content (AvgIpc) is 2.97. The lowest BCUT2D eigenvalue weighted by Gasteiger charge is -2.10. The van der Waals surface area contributed by atoms with Gasteiger partial charge in [0.05, 0.1) is 18.4 Å². The Balaban J connectivity index is 2.29. The summed E-state index contributed by atoms with van der Waals surface area (Å²) in [5, 5.41) is 10.3. The van der Waals surface area contributed by atoms with Crippen LogP contribution in [0.4, 0.5) is 5.82 Å². The van der Waals surface area contributed by atoms with E-state index in [1.54, 1.807) is 18.2 Å². The van der Waals surface area contributed by atoms with Crippen LogP contribution in [0.2, 0.25) is 5.02 Å². The zero-order valence-corrected chi connectivity index (χ0v) is 12.1. The summed E-state index contributed by atoms with van der Waals surface area (Å²) in [4.78, 5) is 19.5. The first kappa shape index (κ1) is 14.2. The molecule has 0 bridgehead atoms. The van der Waals surface area contributed by atoms with Crippen molar-refractivity contribution < 1.29 is 19.1 Å². The number of nitrogen functional groups attached to an aromatic ring is 1. The zero-order valence-electron chi connectivity index (χ0n) is 11.3. The van der Waals surface area contributed by atoms with Gasteiger partial charge in [-0.15, -0.1) is 0 Å². The minimum atomic E-state index is -1.26. The third kappa shape index (κ3) is 2.11. The molecule has 0 radical (unpaired) electrons. The molecular weight excluding hydrogens is 310 g/mol. The predicted molar refractivity (Wildman–Crippen MR) is 80.2 cm³/mol. The highest BCUT2D eigenvalue weighted by molar-refractivity contribution is 6.35. The van der Waals surface area contributed by atoms with E-state index in [4.69, 9.17) is 26.5 Å². The summed E-state index contributed by atoms with van der Waals surface area (Å²) < 4.78 is 10.3. The molecule has 0 saturated carbocycles. The highest BCUT2D eigenvalue weighted by Gasteiger charge is 2.21. The topological polar surface area (TPSA) is 111 Å². The van der Waals surface area contributed by atoms with Crippen molar-refractivity contribution in [3.8, 4) is 17.1 Å². The fraction of sp³-hybridized carbons (Fsp3) is 0.0714. The number of ether oxygens (including phenoxy) is 1. The van der Waals surface area contributed by atoms with Gasteiger partial charge in [0, 0.05) is 10.9 Å². The summed E-state index contributed by atoms with van der Waals surface area (Å²) >= 11 is 6.05. The number of benzene rings is 1. The van der Waals surface area contributed by atoms with Crippen molar-refractivity contribution in [3.05, 3.63) is 35.2 Å². The van der Waals surface area contributed by atoms with Crippen LogP contribution in [0.5, 0.6) is 5.75 Å². The van der Waals surface area contributed by atoms with Crippen LogP contribution in [0.1, 0.15) is 10.5 Å². The normalized spacial score (nSPS) is 10.8. The highest BCUT2D eigenvalue weighted by Crippen LogP contribution is 2.34. The summed E-state index contributed by atoms with van der Waals surface area (Å²) in [6, 6.07) is 4.99. The van der Waals surface area contributed by atoms with Crippen molar-refractivity contribution in [2.24, 2.45) is 0 Å². The van der Waals surface area contributed by atoms with Crippen molar-refractivity contribution >= 4 is 34.4 Å². The second-order valence-electron chi connectivity index (χ2n) is 4.38. The van der Waals surface area contributed by atoms with Crippen LogP contribution in [-0.4, -0.2) is 28.2 Å². The highest BCUT2D eigenvalue weighted by atomic mass is 35.5. The van der Waals surface area contributed by atoms with E-state index in [2.05, 4.69) is 9.97 Å². The lowest BCUT2D eigenvalue weighted by atomic mass is 10.1. The van der Waals surface area contributed by atoms with Crippen LogP contribution >= 0.6 is 11.6 Å². The first-order valence-corrected chi connectivity index (χ1v) is 6.51. The molecule has 0 unspecified atom stereocenters. The average molecular weight is 320 g/mol. The molecule has 0 atom stereocenters. The van der Waals surface area contributed by atoms with E-state index in [-0.39, 0.29) is 23.1 Å². The van der Waals surface area contributed by atoms with Crippen LogP contribution < -0.4 is 10.5 Å². The monoisotopic (exact) mass is 319 g/mol. The largest absolute Gasteiger partial charge is 0.491 e. The van der Waals surface area contributed by atoms with Gasteiger partial charge in [0.25, 0.3) is 0 Å². The fourth-order valence-corrected chi connectivity index (χ4v) is 2.37. The maximum atomic E-state index is 11.3. The van der Waals surface area contributed by atoms with Gasteiger partial charge in [0.2, 0.25) is 0 Å². The van der Waals surface area contributed by atoms with E-state index < -0.39 is 5.97 Å². The Labute approximate surface area is 129 Å². The number of nitrogens with two attached hydrogens (primary N) is 1. The first-order chi connectivity index (χ1) is 10.5. The van der Waals surface area contributed by atoms with Crippen molar-refractivity contribution in [3.63, 3.8) is 0 Å². The number of halogens is 1. The number of methoxy groups -OCH3 is 1. The molecule has 0 aliphatic carbocycles. The summed E-state index contributed by atoms with van der Waals surface area (Å²) in [5.74, 6) is -1.24. The van der Waals surface area contributed by atoms with Gasteiger partial charge in [-0.05, 0) is 18.2 Å². The molecule has 3 aromatic rings. The standard InChI is InChI=1S/C14H10ClN3O4/c1-21-11-9(14(19)20)17-13(18-12(11)16)7-2-3-8(15)10-6(7)4-5-22-10/h2-5H,1H3,(H,19,20)(H2,16,17,18). The Kier molecular flexibility index (Phi) is 3.34. The number of carboxylic acids is 1. The summed E-state index contributed by atoms with van der Waals surface area (Å²) in [7, 11) is 1.30. The quantitative estimate of drug-likeness (QED) is 0.763. The van der Waals surface area contributed by atoms with Crippen molar-refractivity contribution in [2.45, 2.75) is 0 Å². The van der Waals surface area contributed by atoms with E-state index in [0.29, 0.717) is 21.6 Å². The minimum Gasteiger partial charge on any atom is -0.491 e. The number of carbonyl (C=O) groups is 1. The maximum Gasteiger partial charge on any atom is 0.358 e. The molecule has 0 aliphatic heterocycles. The number of anilines is 1. The van der Waals surface area contributed by atoms with Crippen LogP contribution in [0.15, 0.2) is 28.9 Å². The van der Waals surface area contributed by atoms with Crippen LogP contribution in [0.25, 0.3) is 22.4 Å². The number of furan rings is 1. The molecule has 3 N–H and O–H groups in total. The maximum absolute atomic E-state index is 11.3. The van der Waals surface area contributed by atoms with Gasteiger partial charge in [0.15, 0.2) is 28.7 Å². The Morgan fingerprint density at radius 3 is 2.82 bits per heavy atom. The summed E-state index contributed by atoms with van der Waals surface area (Å²) in [6.45, 7) is 0. The van der Waals surface area contributed by atoms with Crippen molar-refractivity contribution in [1.29, 1.82) is 0 Å². The number of hydrogen-bond acceptors (Lipinski definition) is 6. The number of aromatic nitrogens is 2. The van der Waals surface area contributed by atoms with Gasteiger partial charge >= 0.3 is 5.97 Å². The van der Waals surface area contributed by atoms with E-state index in [1.807, 2.05) is 0 Å². The molecule has 3 rings (SSSR count). The Hall–Kier alpha value is -2.80. The molecule has 0 fully saturated rings. The van der Waals surface area contributed by atoms with E-state index in [1.165, 1.54) is 13.4 Å². The van der Waals surface area contributed by atoms with E-state index in [0.717, 1.165) is 0 Å². The molecule has 0 aliphatic rings. The first-order valence-electron chi connectivity index (χ1n) is 6.13. The molecular formula is C14H10ClN3O4. The number of aromatic carboxylic acids is 1. The molecule has 2 aromatic heterocycles. The predicted octanol–water partition coefficient (Wildman–Crippen LogP) is 2.83. The third-order valence-corrected chi connectivity index (χ3v) is 3.41. The molecule has 22 heavy (non-hydrogen) atoms. The van der Waals surface area contributed by atoms with Gasteiger partial charge in [-0.2, -0.15) is 0 Å². The summed E-state index contributed by atoms with van der Waals surface area (Å²) in [5.41, 5.74) is 6.49. The molecule has 0 saturated heterocycles. The second-order valence-corrected chi connectivity index (χ2v) is 4.79. The lowest BCUT2D eigenvalue weighted by molar-refractivity contribution is 0.0686. The fourth-order valence-electron chi connectivity index (χ4n) is 2.16. The molecule has 7 nitrogen and oxygen atoms in total. The number of fused-ring (bicyclic) bond motifs is 1. The summed E-state index contributed by atoms with van der Waals surface area (Å²) in [6.07, 6.45) is 1.48. The smallest absolute Gasteiger partial charge is 0.358 e. The third-order valence-electron chi connectivity index (χ3n) is 3.11. The molecule has 1 aromatic carbocycles. The molecule has 8 heteroatoms. The Bertz CT molecular complexity index is 891. The lowest BCUT2D eigenvalue weighted by Crippen LogP contribution is -2.09. The molecule has 112 valence electrons. The second kappa shape index (κ2) is 5.19. The number of rotatable bonds is 3. The van der Waals surface area contributed by atoms with Gasteiger partial charge in [-0.25, -0.2) is 14.8 Å².